The molecule has 9 heteroatoms. The molecule has 35 heavy (non-hydrogen) atoms. The molecule has 5 nitrogen and oxygen atoms in total. The van der Waals surface area contributed by atoms with Crippen LogP contribution in [0.4, 0.5) is 18.9 Å². The van der Waals surface area contributed by atoms with Crippen LogP contribution < -0.4 is 4.90 Å². The predicted octanol–water partition coefficient (Wildman–Crippen LogP) is 5.22. The second-order valence-electron chi connectivity index (χ2n) is 8.59. The summed E-state index contributed by atoms with van der Waals surface area (Å²) in [6, 6.07) is 23.0. The van der Waals surface area contributed by atoms with Gasteiger partial charge in [-0.3, -0.25) is 4.90 Å². The van der Waals surface area contributed by atoms with Crippen molar-refractivity contribution in [1.82, 2.24) is 8.87 Å². The van der Waals surface area contributed by atoms with Crippen LogP contribution in [0.5, 0.6) is 0 Å². The smallest absolute Gasteiger partial charge is 0.369 e. The Morgan fingerprint density at radius 3 is 2.17 bits per heavy atom. The quantitative estimate of drug-likeness (QED) is 0.378. The molecule has 1 aliphatic rings. The molecule has 0 saturated carbocycles. The van der Waals surface area contributed by atoms with Crippen LogP contribution >= 0.6 is 0 Å². The molecule has 1 saturated heterocycles. The average molecular weight is 500 g/mol. The Labute approximate surface area is 202 Å². The summed E-state index contributed by atoms with van der Waals surface area (Å²) in [5.74, 6) is 0. The first-order valence-corrected chi connectivity index (χ1v) is 12.7. The van der Waals surface area contributed by atoms with Gasteiger partial charge in [-0.05, 0) is 42.5 Å². The highest BCUT2D eigenvalue weighted by atomic mass is 32.2. The minimum Gasteiger partial charge on any atom is -0.369 e. The second-order valence-corrected chi connectivity index (χ2v) is 10.4. The Balaban J connectivity index is 1.39. The number of halogens is 3. The Hall–Kier alpha value is -3.30. The van der Waals surface area contributed by atoms with E-state index in [0.717, 1.165) is 11.5 Å². The highest BCUT2D eigenvalue weighted by molar-refractivity contribution is 7.90. The summed E-state index contributed by atoms with van der Waals surface area (Å²) in [6.45, 7) is 2.71. The molecule has 3 aromatic carbocycles. The number of anilines is 1. The first-order chi connectivity index (χ1) is 16.7. The van der Waals surface area contributed by atoms with Crippen molar-refractivity contribution in [3.63, 3.8) is 0 Å². The number of para-hydroxylation sites is 1. The van der Waals surface area contributed by atoms with Crippen LogP contribution in [-0.4, -0.2) is 43.5 Å². The minimum atomic E-state index is -4.38. The van der Waals surface area contributed by atoms with Crippen molar-refractivity contribution in [1.29, 1.82) is 0 Å². The molecule has 4 aromatic rings. The molecule has 1 aromatic heterocycles. The molecule has 0 amide bonds. The van der Waals surface area contributed by atoms with E-state index in [9.17, 15) is 21.6 Å². The summed E-state index contributed by atoms with van der Waals surface area (Å²) >= 11 is 0. The first kappa shape index (κ1) is 23.4. The van der Waals surface area contributed by atoms with Crippen molar-refractivity contribution in [3.05, 3.63) is 96.2 Å². The van der Waals surface area contributed by atoms with Gasteiger partial charge in [-0.25, -0.2) is 12.4 Å². The molecule has 0 spiro atoms. The summed E-state index contributed by atoms with van der Waals surface area (Å²) < 4.78 is 67.9. The number of rotatable bonds is 5. The SMILES string of the molecule is O=S(=O)(c1ccccc1)n1c(CN2CCN(c3cccc(C(F)(F)F)c3)CC2)cc2ccccc21. The zero-order valence-corrected chi connectivity index (χ0v) is 19.6. The van der Waals surface area contributed by atoms with E-state index in [1.165, 1.54) is 16.1 Å². The maximum atomic E-state index is 13.6. The average Bonchev–Trinajstić information content (AvgIpc) is 3.23. The zero-order valence-electron chi connectivity index (χ0n) is 18.8. The van der Waals surface area contributed by atoms with Crippen molar-refractivity contribution in [2.75, 3.05) is 31.1 Å². The third-order valence-electron chi connectivity index (χ3n) is 6.32. The van der Waals surface area contributed by atoms with Gasteiger partial charge >= 0.3 is 6.18 Å². The van der Waals surface area contributed by atoms with Gasteiger partial charge in [-0.15, -0.1) is 0 Å². The number of aromatic nitrogens is 1. The molecule has 1 aliphatic heterocycles. The standard InChI is InChI=1S/C26H24F3N3O2S/c27-26(28,29)21-8-6-9-22(18-21)31-15-13-30(14-16-31)19-23-17-20-7-4-5-12-25(20)32(23)35(33,34)24-10-2-1-3-11-24/h1-12,17-18H,13-16,19H2. The molecule has 0 bridgehead atoms. The maximum absolute atomic E-state index is 13.6. The molecule has 2 heterocycles. The molecule has 0 N–H and O–H groups in total. The molecule has 182 valence electrons. The number of hydrogen-bond donors (Lipinski definition) is 0. The zero-order chi connectivity index (χ0) is 24.6. The molecule has 0 unspecified atom stereocenters. The fraction of sp³-hybridized carbons (Fsp3) is 0.231. The number of piperazine rings is 1. The van der Waals surface area contributed by atoms with Crippen LogP contribution in [0, 0.1) is 0 Å². The van der Waals surface area contributed by atoms with Gasteiger partial charge in [-0.1, -0.05) is 42.5 Å². The molecular weight excluding hydrogens is 475 g/mol. The highest BCUT2D eigenvalue weighted by Crippen LogP contribution is 2.32. The topological polar surface area (TPSA) is 45.6 Å². The van der Waals surface area contributed by atoms with Crippen LogP contribution in [0.15, 0.2) is 89.8 Å². The summed E-state index contributed by atoms with van der Waals surface area (Å²) in [7, 11) is -3.80. The van der Waals surface area contributed by atoms with Crippen molar-refractivity contribution in [2.45, 2.75) is 17.6 Å². The van der Waals surface area contributed by atoms with E-state index in [4.69, 9.17) is 0 Å². The Bertz CT molecular complexity index is 1440. The number of fused-ring (bicyclic) bond motifs is 1. The third-order valence-corrected chi connectivity index (χ3v) is 8.10. The molecule has 5 rings (SSSR count). The van der Waals surface area contributed by atoms with E-state index in [1.54, 1.807) is 42.5 Å². The van der Waals surface area contributed by atoms with Crippen molar-refractivity contribution < 1.29 is 21.6 Å². The summed E-state index contributed by atoms with van der Waals surface area (Å²) in [5, 5.41) is 0.838. The fourth-order valence-electron chi connectivity index (χ4n) is 4.55. The van der Waals surface area contributed by atoms with Crippen LogP contribution in [-0.2, 0) is 22.7 Å². The van der Waals surface area contributed by atoms with Crippen molar-refractivity contribution in [2.24, 2.45) is 0 Å². The molecular formula is C26H24F3N3O2S. The lowest BCUT2D eigenvalue weighted by molar-refractivity contribution is -0.137. The number of benzene rings is 3. The summed E-state index contributed by atoms with van der Waals surface area (Å²) in [6.07, 6.45) is -4.38. The van der Waals surface area contributed by atoms with Gasteiger partial charge in [-0.2, -0.15) is 13.2 Å². The molecule has 0 radical (unpaired) electrons. The lowest BCUT2D eigenvalue weighted by Gasteiger charge is -2.36. The first-order valence-electron chi connectivity index (χ1n) is 11.3. The monoisotopic (exact) mass is 499 g/mol. The van der Waals surface area contributed by atoms with Gasteiger partial charge in [0.15, 0.2) is 0 Å². The van der Waals surface area contributed by atoms with Crippen LogP contribution in [0.25, 0.3) is 10.9 Å². The van der Waals surface area contributed by atoms with Gasteiger partial charge in [0.1, 0.15) is 0 Å². The molecule has 0 aliphatic carbocycles. The van der Waals surface area contributed by atoms with Gasteiger partial charge in [0.2, 0.25) is 0 Å². The van der Waals surface area contributed by atoms with Crippen molar-refractivity contribution >= 4 is 26.6 Å². The third kappa shape index (κ3) is 4.66. The van der Waals surface area contributed by atoms with E-state index >= 15 is 0 Å². The van der Waals surface area contributed by atoms with E-state index in [1.807, 2.05) is 29.2 Å². The number of alkyl halides is 3. The van der Waals surface area contributed by atoms with Gasteiger partial charge in [0.05, 0.1) is 16.0 Å². The Kier molecular flexibility index (Phi) is 6.06. The second kappa shape index (κ2) is 9.05. The van der Waals surface area contributed by atoms with Crippen LogP contribution in [0.2, 0.25) is 0 Å². The normalized spacial score (nSPS) is 15.6. The highest BCUT2D eigenvalue weighted by Gasteiger charge is 2.31. The fourth-order valence-corrected chi connectivity index (χ4v) is 6.11. The summed E-state index contributed by atoms with van der Waals surface area (Å²) in [5.41, 5.74) is 1.16. The number of nitrogens with zero attached hydrogens (tertiary/aromatic N) is 3. The number of hydrogen-bond acceptors (Lipinski definition) is 4. The maximum Gasteiger partial charge on any atom is 0.416 e. The lowest BCUT2D eigenvalue weighted by Crippen LogP contribution is -2.46. The summed E-state index contributed by atoms with van der Waals surface area (Å²) in [4.78, 5) is 4.29. The van der Waals surface area contributed by atoms with E-state index < -0.39 is 21.8 Å². The largest absolute Gasteiger partial charge is 0.416 e. The minimum absolute atomic E-state index is 0.219. The van der Waals surface area contributed by atoms with Crippen LogP contribution in [0.1, 0.15) is 11.3 Å². The van der Waals surface area contributed by atoms with E-state index in [-0.39, 0.29) is 4.90 Å². The van der Waals surface area contributed by atoms with Crippen molar-refractivity contribution in [3.8, 4) is 0 Å². The predicted molar refractivity (Wildman–Crippen MR) is 130 cm³/mol. The van der Waals surface area contributed by atoms with E-state index in [2.05, 4.69) is 4.90 Å². The van der Waals surface area contributed by atoms with Gasteiger partial charge in [0.25, 0.3) is 10.0 Å². The Morgan fingerprint density at radius 1 is 0.771 bits per heavy atom. The van der Waals surface area contributed by atoms with E-state index in [0.29, 0.717) is 49.6 Å². The lowest BCUT2D eigenvalue weighted by atomic mass is 10.1. The van der Waals surface area contributed by atoms with Gasteiger partial charge < -0.3 is 4.90 Å². The molecule has 0 atom stereocenters. The Morgan fingerprint density at radius 2 is 1.46 bits per heavy atom. The van der Waals surface area contributed by atoms with Crippen LogP contribution in [0.3, 0.4) is 0 Å². The van der Waals surface area contributed by atoms with Gasteiger partial charge in [0, 0.05) is 49.5 Å². The molecule has 1 fully saturated rings.